The van der Waals surface area contributed by atoms with E-state index in [9.17, 15) is 37.1 Å². The van der Waals surface area contributed by atoms with Crippen molar-refractivity contribution in [2.45, 2.75) is 21.9 Å². The Morgan fingerprint density at radius 2 is 0.850 bits per heavy atom. The van der Waals surface area contributed by atoms with E-state index in [4.69, 9.17) is 0 Å². The first-order valence-corrected chi connectivity index (χ1v) is 14.7. The van der Waals surface area contributed by atoms with E-state index in [0.29, 0.717) is 11.1 Å². The molecular formula is C26H18N4O8S2. The minimum absolute atomic E-state index is 0.192. The van der Waals surface area contributed by atoms with Crippen LogP contribution in [0.5, 0.6) is 0 Å². The zero-order valence-electron chi connectivity index (χ0n) is 20.3. The molecule has 0 saturated carbocycles. The van der Waals surface area contributed by atoms with Gasteiger partial charge in [-0.05, 0) is 36.4 Å². The van der Waals surface area contributed by atoms with Crippen LogP contribution in [0, 0.1) is 20.2 Å². The summed E-state index contributed by atoms with van der Waals surface area (Å²) in [5.74, 6) is 0. The van der Waals surface area contributed by atoms with E-state index in [0.717, 1.165) is 48.5 Å². The lowest BCUT2D eigenvalue weighted by Crippen LogP contribution is -2.36. The van der Waals surface area contributed by atoms with Crippen molar-refractivity contribution < 1.29 is 26.7 Å². The summed E-state index contributed by atoms with van der Waals surface area (Å²) < 4.78 is 58.7. The van der Waals surface area contributed by atoms with Gasteiger partial charge in [0, 0.05) is 35.4 Å². The lowest BCUT2D eigenvalue weighted by molar-refractivity contribution is -0.385. The molecule has 2 heterocycles. The zero-order chi connectivity index (χ0) is 28.4. The number of rotatable bonds is 6. The van der Waals surface area contributed by atoms with Crippen molar-refractivity contribution in [1.29, 1.82) is 0 Å². The maximum Gasteiger partial charge on any atom is 0.269 e. The molecule has 2 atom stereocenters. The van der Waals surface area contributed by atoms with Gasteiger partial charge in [0.25, 0.3) is 31.4 Å². The number of hydrogen-bond acceptors (Lipinski definition) is 8. The molecule has 0 saturated heterocycles. The minimum Gasteiger partial charge on any atom is -0.258 e. The molecule has 0 N–H and O–H groups in total. The summed E-state index contributed by atoms with van der Waals surface area (Å²) in [4.78, 5) is 20.6. The van der Waals surface area contributed by atoms with Crippen LogP contribution >= 0.6 is 0 Å². The van der Waals surface area contributed by atoms with Crippen LogP contribution in [0.2, 0.25) is 0 Å². The monoisotopic (exact) mass is 578 g/mol. The van der Waals surface area contributed by atoms with Gasteiger partial charge in [0.1, 0.15) is 0 Å². The summed E-state index contributed by atoms with van der Waals surface area (Å²) in [6.45, 7) is 0. The minimum atomic E-state index is -4.33. The van der Waals surface area contributed by atoms with Gasteiger partial charge in [0.05, 0.1) is 43.1 Å². The van der Waals surface area contributed by atoms with Crippen LogP contribution in [-0.4, -0.2) is 26.7 Å². The smallest absolute Gasteiger partial charge is 0.258 e. The molecule has 0 spiro atoms. The molecule has 40 heavy (non-hydrogen) atoms. The van der Waals surface area contributed by atoms with E-state index in [-0.39, 0.29) is 32.5 Å². The van der Waals surface area contributed by atoms with Crippen LogP contribution in [0.15, 0.2) is 107 Å². The van der Waals surface area contributed by atoms with E-state index in [1.165, 1.54) is 8.61 Å². The quantitative estimate of drug-likeness (QED) is 0.235. The molecule has 4 aromatic carbocycles. The Balaban J connectivity index is 1.54. The van der Waals surface area contributed by atoms with Crippen LogP contribution in [-0.2, 0) is 20.0 Å². The fourth-order valence-electron chi connectivity index (χ4n) is 5.29. The number of nitro groups is 2. The second-order valence-electron chi connectivity index (χ2n) is 9.11. The van der Waals surface area contributed by atoms with Crippen LogP contribution in [0.4, 0.5) is 22.7 Å². The van der Waals surface area contributed by atoms with Gasteiger partial charge in [-0.25, -0.2) is 16.8 Å². The highest BCUT2D eigenvalue weighted by Gasteiger charge is 2.56. The van der Waals surface area contributed by atoms with E-state index >= 15 is 0 Å². The maximum atomic E-state index is 14.1. The number of benzene rings is 4. The molecule has 2 aliphatic rings. The van der Waals surface area contributed by atoms with Crippen molar-refractivity contribution >= 4 is 42.8 Å². The largest absolute Gasteiger partial charge is 0.269 e. The Morgan fingerprint density at radius 1 is 0.525 bits per heavy atom. The second kappa shape index (κ2) is 8.86. The number of nitro benzene ring substituents is 2. The van der Waals surface area contributed by atoms with Crippen molar-refractivity contribution in [2.75, 3.05) is 8.61 Å². The first-order valence-electron chi connectivity index (χ1n) is 11.8. The molecule has 2 aliphatic heterocycles. The summed E-state index contributed by atoms with van der Waals surface area (Å²) in [6, 6.07) is 20.1. The van der Waals surface area contributed by atoms with Gasteiger partial charge < -0.3 is 0 Å². The van der Waals surface area contributed by atoms with Gasteiger partial charge in [-0.1, -0.05) is 36.4 Å². The Labute approximate surface area is 228 Å². The Kier molecular flexibility index (Phi) is 5.64. The molecule has 0 aromatic heterocycles. The molecule has 6 rings (SSSR count). The van der Waals surface area contributed by atoms with Crippen molar-refractivity contribution in [2.24, 2.45) is 0 Å². The summed E-state index contributed by atoms with van der Waals surface area (Å²) in [5.41, 5.74) is 0.887. The number of non-ortho nitro benzene ring substituents is 2. The third-order valence-corrected chi connectivity index (χ3v) is 10.6. The third kappa shape index (κ3) is 3.64. The van der Waals surface area contributed by atoms with Crippen molar-refractivity contribution in [3.63, 3.8) is 0 Å². The average molecular weight is 579 g/mol. The fourth-order valence-corrected chi connectivity index (χ4v) is 8.61. The average Bonchev–Trinajstić information content (AvgIpc) is 3.46. The lowest BCUT2D eigenvalue weighted by atomic mass is 10.0. The number of hydrogen-bond donors (Lipinski definition) is 0. The molecular weight excluding hydrogens is 560 g/mol. The van der Waals surface area contributed by atoms with Crippen LogP contribution in [0.1, 0.15) is 23.2 Å². The van der Waals surface area contributed by atoms with Gasteiger partial charge in [0.2, 0.25) is 0 Å². The number of anilines is 2. The van der Waals surface area contributed by atoms with Crippen molar-refractivity contribution in [1.82, 2.24) is 0 Å². The molecule has 0 aliphatic carbocycles. The number of sulfonamides is 2. The Hall–Kier alpha value is -4.82. The van der Waals surface area contributed by atoms with Gasteiger partial charge in [-0.2, -0.15) is 0 Å². The summed E-state index contributed by atoms with van der Waals surface area (Å²) in [6.07, 6.45) is 0. The molecule has 4 aromatic rings. The molecule has 0 unspecified atom stereocenters. The molecule has 0 bridgehead atoms. The van der Waals surface area contributed by atoms with Gasteiger partial charge in [-0.15, -0.1) is 0 Å². The maximum absolute atomic E-state index is 14.1. The predicted octanol–water partition coefficient (Wildman–Crippen LogP) is 4.70. The molecule has 0 fully saturated rings. The van der Waals surface area contributed by atoms with Gasteiger partial charge >= 0.3 is 0 Å². The molecule has 14 heteroatoms. The lowest BCUT2D eigenvalue weighted by Gasteiger charge is -2.28. The molecule has 0 amide bonds. The number of para-hydroxylation sites is 2. The van der Waals surface area contributed by atoms with E-state index < -0.39 is 42.0 Å². The number of fused-ring (bicyclic) bond motifs is 5. The Morgan fingerprint density at radius 3 is 1.18 bits per heavy atom. The highest BCUT2D eigenvalue weighted by atomic mass is 32.2. The van der Waals surface area contributed by atoms with Crippen molar-refractivity contribution in [3.05, 3.63) is 128 Å². The number of nitrogens with zero attached hydrogens (tertiary/aromatic N) is 4. The van der Waals surface area contributed by atoms with E-state index in [1.54, 1.807) is 48.5 Å². The van der Waals surface area contributed by atoms with Crippen LogP contribution in [0.25, 0.3) is 0 Å². The summed E-state index contributed by atoms with van der Waals surface area (Å²) in [7, 11) is -8.65. The standard InChI is InChI=1S/C26H18N4O8S2/c31-29(32)17-9-13-19(14-10-17)39(35,36)27-23-7-3-1-5-21(23)25-26(27)22-6-2-4-8-24(22)28(25)40(37,38)20-15-11-18(12-16-20)30(33)34/h1-16,25-26H/t25-,26-/m0/s1. The summed E-state index contributed by atoms with van der Waals surface area (Å²) in [5, 5.41) is 22.2. The molecule has 0 radical (unpaired) electrons. The Bertz CT molecular complexity index is 1770. The first-order chi connectivity index (χ1) is 19.0. The van der Waals surface area contributed by atoms with Crippen molar-refractivity contribution in [3.8, 4) is 0 Å². The molecule has 202 valence electrons. The normalized spacial score (nSPS) is 17.7. The highest BCUT2D eigenvalue weighted by molar-refractivity contribution is 7.93. The predicted molar refractivity (Wildman–Crippen MR) is 144 cm³/mol. The first kappa shape index (κ1) is 25.5. The van der Waals surface area contributed by atoms with Gasteiger partial charge in [-0.3, -0.25) is 28.8 Å². The third-order valence-electron chi connectivity index (χ3n) is 7.00. The topological polar surface area (TPSA) is 161 Å². The fraction of sp³-hybridized carbons (Fsp3) is 0.0769. The second-order valence-corrected chi connectivity index (χ2v) is 12.7. The van der Waals surface area contributed by atoms with E-state index in [1.807, 2.05) is 0 Å². The highest BCUT2D eigenvalue weighted by Crippen LogP contribution is 2.60. The van der Waals surface area contributed by atoms with Crippen LogP contribution < -0.4 is 8.61 Å². The van der Waals surface area contributed by atoms with Crippen LogP contribution in [0.3, 0.4) is 0 Å². The van der Waals surface area contributed by atoms with Gasteiger partial charge in [0.15, 0.2) is 0 Å². The zero-order valence-corrected chi connectivity index (χ0v) is 21.9. The molecule has 12 nitrogen and oxygen atoms in total. The van der Waals surface area contributed by atoms with E-state index in [2.05, 4.69) is 0 Å². The SMILES string of the molecule is O=[N+]([O-])c1ccc(S(=O)(=O)N2c3ccccc3[C@H]3[C@@H]2c2ccccc2N3S(=O)(=O)c2ccc([N+](=O)[O-])cc2)cc1. The summed E-state index contributed by atoms with van der Waals surface area (Å²) >= 11 is 0.